The van der Waals surface area contributed by atoms with Gasteiger partial charge in [0.05, 0.1) is 17.7 Å². The monoisotopic (exact) mass is 508 g/mol. The molecule has 2 aromatic rings. The number of hydrogen-bond acceptors (Lipinski definition) is 4. The standard InChI is InChI=1S/C18H17BrClF3N4O3/c19-9-6-10(18(21,22)23)16-24-14(15(20)27(16)7-9)17(30)25-4-5-26(13(29)8-25)11-2-1-3-12(11)28/h6-7,11-12,28H,1-5,8H2/t11-,12-/m1/s1. The summed E-state index contributed by atoms with van der Waals surface area (Å²) < 4.78 is 41.3. The van der Waals surface area contributed by atoms with Crippen molar-refractivity contribution in [3.8, 4) is 0 Å². The predicted octanol–water partition coefficient (Wildman–Crippen LogP) is 2.97. The number of carbonyl (C=O) groups excluding carboxylic acids is 2. The lowest BCUT2D eigenvalue weighted by molar-refractivity contribution is -0.139. The number of fused-ring (bicyclic) bond motifs is 1. The molecule has 0 spiro atoms. The van der Waals surface area contributed by atoms with E-state index in [4.69, 9.17) is 11.6 Å². The molecule has 162 valence electrons. The summed E-state index contributed by atoms with van der Waals surface area (Å²) in [5, 5.41) is 9.78. The number of aromatic nitrogens is 2. The molecule has 2 fully saturated rings. The number of piperazine rings is 1. The van der Waals surface area contributed by atoms with Gasteiger partial charge in [0, 0.05) is 23.8 Å². The molecule has 2 aliphatic rings. The second-order valence-electron chi connectivity index (χ2n) is 7.39. The summed E-state index contributed by atoms with van der Waals surface area (Å²) in [4.78, 5) is 32.2. The van der Waals surface area contributed by atoms with Gasteiger partial charge in [-0.1, -0.05) is 11.6 Å². The third kappa shape index (κ3) is 3.67. The molecule has 7 nitrogen and oxygen atoms in total. The highest BCUT2D eigenvalue weighted by molar-refractivity contribution is 9.10. The van der Waals surface area contributed by atoms with E-state index < -0.39 is 29.4 Å². The highest BCUT2D eigenvalue weighted by Gasteiger charge is 2.39. The van der Waals surface area contributed by atoms with Gasteiger partial charge in [0.2, 0.25) is 5.91 Å². The smallest absolute Gasteiger partial charge is 0.391 e. The molecule has 12 heteroatoms. The van der Waals surface area contributed by atoms with Crippen LogP contribution in [0.15, 0.2) is 16.7 Å². The fourth-order valence-electron chi connectivity index (χ4n) is 4.07. The van der Waals surface area contributed by atoms with E-state index in [-0.39, 0.29) is 46.9 Å². The van der Waals surface area contributed by atoms with Crippen LogP contribution in [0.5, 0.6) is 0 Å². The number of imidazole rings is 1. The van der Waals surface area contributed by atoms with Crippen molar-refractivity contribution in [2.75, 3.05) is 19.6 Å². The molecule has 0 bridgehead atoms. The molecule has 30 heavy (non-hydrogen) atoms. The molecule has 0 radical (unpaired) electrons. The van der Waals surface area contributed by atoms with E-state index >= 15 is 0 Å². The van der Waals surface area contributed by atoms with Crippen molar-refractivity contribution in [2.45, 2.75) is 37.6 Å². The van der Waals surface area contributed by atoms with Crippen LogP contribution in [0.2, 0.25) is 5.15 Å². The van der Waals surface area contributed by atoms with Crippen molar-refractivity contribution in [3.05, 3.63) is 33.1 Å². The van der Waals surface area contributed by atoms with Gasteiger partial charge in [-0.05, 0) is 41.3 Å². The molecular formula is C18H17BrClF3N4O3. The highest BCUT2D eigenvalue weighted by Crippen LogP contribution is 2.36. The van der Waals surface area contributed by atoms with Gasteiger partial charge in [-0.25, -0.2) is 4.98 Å². The Balaban J connectivity index is 1.61. The highest BCUT2D eigenvalue weighted by atomic mass is 79.9. The minimum atomic E-state index is -4.69. The molecule has 2 atom stereocenters. The van der Waals surface area contributed by atoms with Crippen molar-refractivity contribution >= 4 is 45.0 Å². The lowest BCUT2D eigenvalue weighted by atomic mass is 10.1. The normalized spacial score (nSPS) is 22.9. The number of nitrogens with zero attached hydrogens (tertiary/aromatic N) is 4. The summed E-state index contributed by atoms with van der Waals surface area (Å²) >= 11 is 9.20. The van der Waals surface area contributed by atoms with Crippen molar-refractivity contribution in [1.29, 1.82) is 0 Å². The Morgan fingerprint density at radius 3 is 2.63 bits per heavy atom. The number of aliphatic hydroxyl groups excluding tert-OH is 1. The van der Waals surface area contributed by atoms with Crippen LogP contribution in [0, 0.1) is 0 Å². The second kappa shape index (κ2) is 7.69. The fraction of sp³-hybridized carbons (Fsp3) is 0.500. The van der Waals surface area contributed by atoms with Crippen LogP contribution in [-0.2, 0) is 11.0 Å². The van der Waals surface area contributed by atoms with Crippen LogP contribution in [0.25, 0.3) is 5.65 Å². The maximum absolute atomic E-state index is 13.4. The average Bonchev–Trinajstić information content (AvgIpc) is 3.23. The van der Waals surface area contributed by atoms with Crippen molar-refractivity contribution in [1.82, 2.24) is 19.2 Å². The molecule has 1 saturated carbocycles. The van der Waals surface area contributed by atoms with Gasteiger partial charge >= 0.3 is 6.18 Å². The molecule has 0 aromatic carbocycles. The molecule has 1 saturated heterocycles. The summed E-state index contributed by atoms with van der Waals surface area (Å²) in [7, 11) is 0. The van der Waals surface area contributed by atoms with Crippen LogP contribution in [0.1, 0.15) is 35.3 Å². The first-order valence-corrected chi connectivity index (χ1v) is 10.5. The van der Waals surface area contributed by atoms with Crippen molar-refractivity contribution in [3.63, 3.8) is 0 Å². The van der Waals surface area contributed by atoms with Gasteiger partial charge in [0.15, 0.2) is 11.3 Å². The third-order valence-corrected chi connectivity index (χ3v) is 6.32. The molecule has 3 heterocycles. The van der Waals surface area contributed by atoms with E-state index in [0.717, 1.165) is 16.9 Å². The second-order valence-corrected chi connectivity index (χ2v) is 8.67. The van der Waals surface area contributed by atoms with E-state index in [1.165, 1.54) is 11.1 Å². The number of rotatable bonds is 2. The molecule has 2 amide bonds. The summed E-state index contributed by atoms with van der Waals surface area (Å²) in [6.45, 7) is 0.159. The SMILES string of the molecule is O=C(c1nc2c(C(F)(F)F)cc(Br)cn2c1Cl)N1CCN([C@@H]2CCC[C@H]2O)C(=O)C1. The lowest BCUT2D eigenvalue weighted by Crippen LogP contribution is -2.57. The number of amides is 2. The molecule has 0 unspecified atom stereocenters. The first-order chi connectivity index (χ1) is 14.1. The van der Waals surface area contributed by atoms with Crippen LogP contribution < -0.4 is 0 Å². The Labute approximate surface area is 182 Å². The van der Waals surface area contributed by atoms with Gasteiger partial charge in [-0.15, -0.1) is 0 Å². The Morgan fingerprint density at radius 1 is 1.30 bits per heavy atom. The topological polar surface area (TPSA) is 78.2 Å². The number of carbonyl (C=O) groups is 2. The summed E-state index contributed by atoms with van der Waals surface area (Å²) in [6, 6.07) is 0.600. The summed E-state index contributed by atoms with van der Waals surface area (Å²) in [5.41, 5.74) is -1.87. The van der Waals surface area contributed by atoms with Gasteiger partial charge in [-0.3, -0.25) is 14.0 Å². The van der Waals surface area contributed by atoms with E-state index in [2.05, 4.69) is 20.9 Å². The number of pyridine rings is 1. The van der Waals surface area contributed by atoms with Crippen molar-refractivity contribution < 1.29 is 27.9 Å². The lowest BCUT2D eigenvalue weighted by Gasteiger charge is -2.38. The minimum absolute atomic E-state index is 0.125. The molecule has 1 N–H and O–H groups in total. The Kier molecular flexibility index (Phi) is 5.48. The number of alkyl halides is 3. The quantitative estimate of drug-likeness (QED) is 0.675. The molecular weight excluding hydrogens is 493 g/mol. The Bertz CT molecular complexity index is 1030. The average molecular weight is 510 g/mol. The largest absolute Gasteiger partial charge is 0.420 e. The Hall–Kier alpha value is -1.85. The van der Waals surface area contributed by atoms with Crippen molar-refractivity contribution in [2.24, 2.45) is 0 Å². The fourth-order valence-corrected chi connectivity index (χ4v) is 4.76. The first kappa shape index (κ1) is 21.4. The van der Waals surface area contributed by atoms with Gasteiger partial charge in [-0.2, -0.15) is 13.2 Å². The maximum Gasteiger partial charge on any atom is 0.420 e. The zero-order valence-corrected chi connectivity index (χ0v) is 17.8. The van der Waals surface area contributed by atoms with E-state index in [9.17, 15) is 27.9 Å². The van der Waals surface area contributed by atoms with Gasteiger partial charge < -0.3 is 14.9 Å². The van der Waals surface area contributed by atoms with E-state index in [1.54, 1.807) is 4.90 Å². The zero-order chi connectivity index (χ0) is 21.8. The predicted molar refractivity (Wildman–Crippen MR) is 104 cm³/mol. The number of aliphatic hydroxyl groups is 1. The molecule has 1 aliphatic carbocycles. The molecule has 4 rings (SSSR count). The van der Waals surface area contributed by atoms with E-state index in [0.29, 0.717) is 12.8 Å². The molecule has 1 aliphatic heterocycles. The maximum atomic E-state index is 13.4. The van der Waals surface area contributed by atoms with Crippen LogP contribution in [-0.4, -0.2) is 67.9 Å². The first-order valence-electron chi connectivity index (χ1n) is 9.29. The minimum Gasteiger partial charge on any atom is -0.391 e. The zero-order valence-electron chi connectivity index (χ0n) is 15.5. The van der Waals surface area contributed by atoms with Gasteiger partial charge in [0.25, 0.3) is 5.91 Å². The Morgan fingerprint density at radius 2 is 2.03 bits per heavy atom. The third-order valence-electron chi connectivity index (χ3n) is 5.53. The van der Waals surface area contributed by atoms with E-state index in [1.807, 2.05) is 0 Å². The van der Waals surface area contributed by atoms with Crippen LogP contribution in [0.3, 0.4) is 0 Å². The summed E-state index contributed by atoms with van der Waals surface area (Å²) in [6.07, 6.45) is -1.82. The van der Waals surface area contributed by atoms with Gasteiger partial charge in [0.1, 0.15) is 11.7 Å². The number of hydrogen-bond donors (Lipinski definition) is 1. The number of halogens is 5. The van der Waals surface area contributed by atoms with Crippen LogP contribution >= 0.6 is 27.5 Å². The molecule has 2 aromatic heterocycles. The summed E-state index contributed by atoms with van der Waals surface area (Å²) in [5.74, 6) is -1.04. The van der Waals surface area contributed by atoms with Crippen LogP contribution in [0.4, 0.5) is 13.2 Å².